The lowest BCUT2D eigenvalue weighted by atomic mass is 10.4. The van der Waals surface area contributed by atoms with Crippen molar-refractivity contribution in [2.75, 3.05) is 6.61 Å². The second-order valence-corrected chi connectivity index (χ2v) is 3.08. The lowest BCUT2D eigenvalue weighted by Gasteiger charge is -1.95. The van der Waals surface area contributed by atoms with Gasteiger partial charge in [-0.05, 0) is 39.5 Å². The number of hydrogen-bond donors (Lipinski definition) is 0. The van der Waals surface area contributed by atoms with Gasteiger partial charge in [0.05, 0.1) is 6.61 Å². The van der Waals surface area contributed by atoms with Gasteiger partial charge >= 0.3 is 5.97 Å². The van der Waals surface area contributed by atoms with E-state index in [2.05, 4.69) is 22.6 Å². The molecule has 0 aliphatic rings. The Bertz CT molecular complexity index is 141. The van der Waals surface area contributed by atoms with Gasteiger partial charge in [-0.25, -0.2) is 4.79 Å². The molecule has 0 saturated heterocycles. The lowest BCUT2D eigenvalue weighted by Crippen LogP contribution is -1.99. The van der Waals surface area contributed by atoms with Gasteiger partial charge in [0.15, 0.2) is 0 Å². The van der Waals surface area contributed by atoms with Crippen LogP contribution in [0.15, 0.2) is 9.66 Å². The molecular formula is C7H11IO2. The molecule has 0 aromatic carbocycles. The summed E-state index contributed by atoms with van der Waals surface area (Å²) < 4.78 is 5.72. The van der Waals surface area contributed by atoms with Crippen molar-refractivity contribution in [2.45, 2.75) is 20.3 Å². The molecule has 0 atom stereocenters. The minimum absolute atomic E-state index is 0.242. The molecule has 3 heteroatoms. The number of rotatable bonds is 3. The molecule has 0 spiro atoms. The van der Waals surface area contributed by atoms with E-state index in [1.807, 2.05) is 6.92 Å². The minimum atomic E-state index is -0.242. The highest BCUT2D eigenvalue weighted by Crippen LogP contribution is 2.09. The van der Waals surface area contributed by atoms with Crippen LogP contribution < -0.4 is 0 Å². The van der Waals surface area contributed by atoms with E-state index in [1.54, 1.807) is 6.92 Å². The summed E-state index contributed by atoms with van der Waals surface area (Å²) in [7, 11) is 0. The van der Waals surface area contributed by atoms with E-state index in [4.69, 9.17) is 4.74 Å². The van der Waals surface area contributed by atoms with Crippen molar-refractivity contribution >= 4 is 28.6 Å². The van der Waals surface area contributed by atoms with Crippen molar-refractivity contribution in [3.63, 3.8) is 0 Å². The summed E-state index contributed by atoms with van der Waals surface area (Å²) in [5.74, 6) is -0.242. The van der Waals surface area contributed by atoms with Gasteiger partial charge in [0.25, 0.3) is 0 Å². The molecule has 0 rings (SSSR count). The zero-order valence-electron chi connectivity index (χ0n) is 6.19. The van der Waals surface area contributed by atoms with Crippen LogP contribution in [0.25, 0.3) is 0 Å². The van der Waals surface area contributed by atoms with Crippen LogP contribution >= 0.6 is 22.6 Å². The van der Waals surface area contributed by atoms with Crippen LogP contribution in [0.5, 0.6) is 0 Å². The molecule has 0 bridgehead atoms. The van der Waals surface area contributed by atoms with Crippen molar-refractivity contribution in [2.24, 2.45) is 0 Å². The Morgan fingerprint density at radius 2 is 2.20 bits per heavy atom. The molecule has 2 nitrogen and oxygen atoms in total. The van der Waals surface area contributed by atoms with Gasteiger partial charge in [-0.1, -0.05) is 6.92 Å². The van der Waals surface area contributed by atoms with E-state index in [-0.39, 0.29) is 5.97 Å². The zero-order valence-corrected chi connectivity index (χ0v) is 8.34. The third-order valence-corrected chi connectivity index (χ3v) is 1.97. The lowest BCUT2D eigenvalue weighted by molar-refractivity contribution is -0.137. The van der Waals surface area contributed by atoms with E-state index < -0.39 is 0 Å². The second-order valence-electron chi connectivity index (χ2n) is 1.70. The first-order valence-corrected chi connectivity index (χ1v) is 4.31. The van der Waals surface area contributed by atoms with Crippen LogP contribution in [0.1, 0.15) is 20.3 Å². The molecule has 0 N–H and O–H groups in total. The van der Waals surface area contributed by atoms with Crippen molar-refractivity contribution in [3.8, 4) is 0 Å². The van der Waals surface area contributed by atoms with E-state index in [1.165, 1.54) is 6.08 Å². The smallest absolute Gasteiger partial charge is 0.331 e. The summed E-state index contributed by atoms with van der Waals surface area (Å²) in [6, 6.07) is 0. The third kappa shape index (κ3) is 4.78. The van der Waals surface area contributed by atoms with Gasteiger partial charge in [0.1, 0.15) is 0 Å². The summed E-state index contributed by atoms with van der Waals surface area (Å²) in [4.78, 5) is 10.7. The summed E-state index contributed by atoms with van der Waals surface area (Å²) >= 11 is 2.12. The fraction of sp³-hybridized carbons (Fsp3) is 0.571. The molecular weight excluding hydrogens is 243 g/mol. The molecule has 0 saturated carbocycles. The predicted molar refractivity (Wildman–Crippen MR) is 49.0 cm³/mol. The van der Waals surface area contributed by atoms with Crippen LogP contribution in [0.2, 0.25) is 0 Å². The van der Waals surface area contributed by atoms with Crippen LogP contribution in [0.4, 0.5) is 0 Å². The molecule has 0 radical (unpaired) electrons. The molecule has 0 aliphatic carbocycles. The number of esters is 1. The Morgan fingerprint density at radius 3 is 2.60 bits per heavy atom. The van der Waals surface area contributed by atoms with Crippen LogP contribution in [-0.2, 0) is 9.53 Å². The third-order valence-electron chi connectivity index (χ3n) is 0.899. The molecule has 0 aliphatic heterocycles. The van der Waals surface area contributed by atoms with E-state index >= 15 is 0 Å². The molecule has 58 valence electrons. The van der Waals surface area contributed by atoms with Crippen LogP contribution in [-0.4, -0.2) is 12.6 Å². The maximum Gasteiger partial charge on any atom is 0.331 e. The van der Waals surface area contributed by atoms with Crippen molar-refractivity contribution in [1.29, 1.82) is 0 Å². The van der Waals surface area contributed by atoms with Crippen molar-refractivity contribution < 1.29 is 9.53 Å². The van der Waals surface area contributed by atoms with E-state index in [9.17, 15) is 4.79 Å². The average Bonchev–Trinajstić information content (AvgIpc) is 1.88. The first-order valence-electron chi connectivity index (χ1n) is 3.23. The molecule has 0 heterocycles. The second kappa shape index (κ2) is 5.70. The van der Waals surface area contributed by atoms with Gasteiger partial charge in [-0.3, -0.25) is 0 Å². The molecule has 0 unspecified atom stereocenters. The van der Waals surface area contributed by atoms with Gasteiger partial charge in [-0.2, -0.15) is 0 Å². The molecule has 10 heavy (non-hydrogen) atoms. The number of allylic oxidation sites excluding steroid dienone is 1. The Balaban J connectivity index is 3.75. The van der Waals surface area contributed by atoms with Gasteiger partial charge in [-0.15, -0.1) is 0 Å². The predicted octanol–water partition coefficient (Wildman–Crippen LogP) is 2.28. The van der Waals surface area contributed by atoms with Crippen molar-refractivity contribution in [1.82, 2.24) is 0 Å². The topological polar surface area (TPSA) is 26.3 Å². The van der Waals surface area contributed by atoms with Crippen LogP contribution in [0, 0.1) is 0 Å². The maximum absolute atomic E-state index is 10.7. The Kier molecular flexibility index (Phi) is 5.67. The fourth-order valence-electron chi connectivity index (χ4n) is 0.414. The van der Waals surface area contributed by atoms with Crippen molar-refractivity contribution in [3.05, 3.63) is 9.66 Å². The highest BCUT2D eigenvalue weighted by molar-refractivity contribution is 14.1. The highest BCUT2D eigenvalue weighted by Gasteiger charge is 1.95. The fourth-order valence-corrected chi connectivity index (χ4v) is 0.668. The number of hydrogen-bond acceptors (Lipinski definition) is 2. The van der Waals surface area contributed by atoms with E-state index in [0.717, 1.165) is 10.0 Å². The standard InChI is InChI=1S/C7H11IO2/c1-3-6(8)5-7(9)10-4-2/h5H,3-4H2,1-2H3. The minimum Gasteiger partial charge on any atom is -0.463 e. The number of halogens is 1. The summed E-state index contributed by atoms with van der Waals surface area (Å²) in [5.41, 5.74) is 0. The maximum atomic E-state index is 10.7. The first-order chi connectivity index (χ1) is 4.70. The number of carbonyl (C=O) groups excluding carboxylic acids is 1. The Hall–Kier alpha value is -0.0600. The highest BCUT2D eigenvalue weighted by atomic mass is 127. The summed E-state index contributed by atoms with van der Waals surface area (Å²) in [6.07, 6.45) is 2.41. The molecule has 0 fully saturated rings. The van der Waals surface area contributed by atoms with Gasteiger partial charge in [0, 0.05) is 6.08 Å². The monoisotopic (exact) mass is 254 g/mol. The van der Waals surface area contributed by atoms with Crippen LogP contribution in [0.3, 0.4) is 0 Å². The zero-order chi connectivity index (χ0) is 7.98. The Morgan fingerprint density at radius 1 is 1.60 bits per heavy atom. The number of carbonyl (C=O) groups is 1. The first kappa shape index (κ1) is 9.94. The van der Waals surface area contributed by atoms with Gasteiger partial charge < -0.3 is 4.74 Å². The largest absolute Gasteiger partial charge is 0.463 e. The normalized spacial score (nSPS) is 11.3. The summed E-state index contributed by atoms with van der Waals surface area (Å²) in [6.45, 7) is 4.24. The summed E-state index contributed by atoms with van der Waals surface area (Å²) in [5, 5.41) is 0. The van der Waals surface area contributed by atoms with Gasteiger partial charge in [0.2, 0.25) is 0 Å². The molecule has 0 aromatic rings. The quantitative estimate of drug-likeness (QED) is 0.438. The average molecular weight is 254 g/mol. The Labute approximate surface area is 74.8 Å². The number of ether oxygens (including phenoxy) is 1. The SMILES string of the molecule is CCOC(=O)C=C(I)CC. The van der Waals surface area contributed by atoms with E-state index in [0.29, 0.717) is 6.61 Å². The molecule has 0 amide bonds. The molecule has 0 aromatic heterocycles.